The highest BCUT2D eigenvalue weighted by Gasteiger charge is 2.37. The Morgan fingerprint density at radius 1 is 1.50 bits per heavy atom. The van der Waals surface area contributed by atoms with Gasteiger partial charge in [-0.15, -0.1) is 0 Å². The third-order valence-electron chi connectivity index (χ3n) is 4.20. The molecule has 3 heterocycles. The maximum atomic E-state index is 14.4. The van der Waals surface area contributed by atoms with Gasteiger partial charge in [0, 0.05) is 6.20 Å². The Hall–Kier alpha value is -2.65. The minimum Gasteiger partial charge on any atom is -0.385 e. The van der Waals surface area contributed by atoms with Crippen LogP contribution in [0.5, 0.6) is 0 Å². The zero-order valence-corrected chi connectivity index (χ0v) is 15.9. The van der Waals surface area contributed by atoms with Gasteiger partial charge >= 0.3 is 0 Å². The number of hydrogen-bond acceptors (Lipinski definition) is 6. The van der Waals surface area contributed by atoms with Gasteiger partial charge in [-0.1, -0.05) is 11.6 Å². The van der Waals surface area contributed by atoms with Crippen LogP contribution in [0.1, 0.15) is 28.7 Å². The van der Waals surface area contributed by atoms with E-state index in [4.69, 9.17) is 22.1 Å². The van der Waals surface area contributed by atoms with Gasteiger partial charge in [-0.25, -0.2) is 18.7 Å². The minimum atomic E-state index is -1.26. The van der Waals surface area contributed by atoms with Crippen LogP contribution in [0.15, 0.2) is 29.4 Å². The van der Waals surface area contributed by atoms with Crippen molar-refractivity contribution in [1.29, 1.82) is 0 Å². The summed E-state index contributed by atoms with van der Waals surface area (Å²) in [5.74, 6) is -1.27. The molecule has 0 aliphatic carbocycles. The van der Waals surface area contributed by atoms with E-state index in [2.05, 4.69) is 20.3 Å². The first-order valence-corrected chi connectivity index (χ1v) is 8.74. The molecule has 0 aromatic carbocycles. The molecular weight excluding hydrogens is 392 g/mol. The molecule has 1 aliphatic rings. The molecule has 3 N–H and O–H groups in total. The van der Waals surface area contributed by atoms with E-state index in [9.17, 15) is 13.6 Å². The van der Waals surface area contributed by atoms with Crippen molar-refractivity contribution >= 4 is 29.2 Å². The fourth-order valence-corrected chi connectivity index (χ4v) is 3.05. The van der Waals surface area contributed by atoms with Gasteiger partial charge in [-0.05, 0) is 37.6 Å². The first-order chi connectivity index (χ1) is 13.2. The SMILES string of the molecule is Cc1cnc(C(=O)Nc2ccc(F)c([C@]3(C)COC(CF)C(N)=N3)n2)c(Cl)c1. The molecule has 28 heavy (non-hydrogen) atoms. The van der Waals surface area contributed by atoms with Gasteiger partial charge in [0.2, 0.25) is 0 Å². The molecule has 1 amide bonds. The average molecular weight is 410 g/mol. The van der Waals surface area contributed by atoms with E-state index in [-0.39, 0.29) is 34.7 Å². The van der Waals surface area contributed by atoms with E-state index in [1.165, 1.54) is 12.3 Å². The van der Waals surface area contributed by atoms with Crippen molar-refractivity contribution in [1.82, 2.24) is 9.97 Å². The lowest BCUT2D eigenvalue weighted by Crippen LogP contribution is -2.45. The summed E-state index contributed by atoms with van der Waals surface area (Å²) in [6.07, 6.45) is 0.539. The monoisotopic (exact) mass is 409 g/mol. The van der Waals surface area contributed by atoms with E-state index in [0.29, 0.717) is 0 Å². The van der Waals surface area contributed by atoms with Gasteiger partial charge < -0.3 is 15.8 Å². The quantitative estimate of drug-likeness (QED) is 0.808. The minimum absolute atomic E-state index is 0.0141. The molecule has 2 aromatic rings. The summed E-state index contributed by atoms with van der Waals surface area (Å²) >= 11 is 6.05. The molecule has 3 rings (SSSR count). The van der Waals surface area contributed by atoms with E-state index in [1.54, 1.807) is 19.9 Å². The number of amidine groups is 1. The number of aliphatic imine (C=N–C) groups is 1. The van der Waals surface area contributed by atoms with Gasteiger partial charge in [0.25, 0.3) is 5.91 Å². The van der Waals surface area contributed by atoms with Crippen LogP contribution in [-0.4, -0.2) is 41.1 Å². The predicted molar refractivity (Wildman–Crippen MR) is 101 cm³/mol. The van der Waals surface area contributed by atoms with Crippen molar-refractivity contribution < 1.29 is 18.3 Å². The molecule has 0 bridgehead atoms. The van der Waals surface area contributed by atoms with Crippen LogP contribution in [0.3, 0.4) is 0 Å². The van der Waals surface area contributed by atoms with Gasteiger partial charge in [0.15, 0.2) is 0 Å². The van der Waals surface area contributed by atoms with Crippen LogP contribution in [0, 0.1) is 12.7 Å². The number of hydrogen-bond donors (Lipinski definition) is 2. The number of ether oxygens (including phenoxy) is 1. The predicted octanol–water partition coefficient (Wildman–Crippen LogP) is 2.77. The average Bonchev–Trinajstić information content (AvgIpc) is 2.63. The van der Waals surface area contributed by atoms with Crippen molar-refractivity contribution in [2.75, 3.05) is 18.6 Å². The zero-order valence-electron chi connectivity index (χ0n) is 15.2. The highest BCUT2D eigenvalue weighted by molar-refractivity contribution is 6.34. The fourth-order valence-electron chi connectivity index (χ4n) is 2.75. The lowest BCUT2D eigenvalue weighted by Gasteiger charge is -2.32. The molecule has 148 valence electrons. The Bertz CT molecular complexity index is 956. The normalized spacial score (nSPS) is 21.9. The summed E-state index contributed by atoms with van der Waals surface area (Å²) in [5.41, 5.74) is 5.18. The third-order valence-corrected chi connectivity index (χ3v) is 4.49. The zero-order chi connectivity index (χ0) is 20.5. The molecule has 7 nitrogen and oxygen atoms in total. The van der Waals surface area contributed by atoms with Crippen LogP contribution in [0.2, 0.25) is 5.02 Å². The Kier molecular flexibility index (Phi) is 5.57. The second-order valence-electron chi connectivity index (χ2n) is 6.59. The Morgan fingerprint density at radius 2 is 2.25 bits per heavy atom. The molecule has 1 aliphatic heterocycles. The Labute approximate surface area is 165 Å². The van der Waals surface area contributed by atoms with E-state index < -0.39 is 30.0 Å². The standard InChI is InChI=1S/C18H18ClF2N5O2/c1-9-5-10(19)14(23-7-9)17(27)25-13-4-3-11(21)15(24-13)18(2)8-28-12(6-20)16(22)26-18/h3-5,7,12H,6,8H2,1-2H3,(H2,22,26)(H,24,25,27)/t12?,18-/m0/s1. The Balaban J connectivity index is 1.90. The number of nitrogens with one attached hydrogen (secondary N) is 1. The van der Waals surface area contributed by atoms with Gasteiger partial charge in [-0.2, -0.15) is 0 Å². The second kappa shape index (κ2) is 7.76. The molecule has 0 fully saturated rings. The number of amides is 1. The number of rotatable bonds is 4. The molecule has 2 atom stereocenters. The lowest BCUT2D eigenvalue weighted by molar-refractivity contribution is 0.0305. The maximum Gasteiger partial charge on any atom is 0.276 e. The molecule has 0 saturated carbocycles. The molecule has 0 radical (unpaired) electrons. The highest BCUT2D eigenvalue weighted by atomic mass is 35.5. The third kappa shape index (κ3) is 3.95. The number of anilines is 1. The lowest BCUT2D eigenvalue weighted by atomic mass is 9.96. The van der Waals surface area contributed by atoms with Crippen molar-refractivity contribution in [2.24, 2.45) is 10.7 Å². The summed E-state index contributed by atoms with van der Waals surface area (Å²) in [6, 6.07) is 4.04. The second-order valence-corrected chi connectivity index (χ2v) is 7.00. The largest absolute Gasteiger partial charge is 0.385 e. The number of nitrogens with two attached hydrogens (primary N) is 1. The molecule has 0 saturated heterocycles. The summed E-state index contributed by atoms with van der Waals surface area (Å²) in [5, 5.41) is 2.71. The highest BCUT2D eigenvalue weighted by Crippen LogP contribution is 2.31. The van der Waals surface area contributed by atoms with Gasteiger partial charge in [0.05, 0.1) is 11.6 Å². The van der Waals surface area contributed by atoms with Gasteiger partial charge in [-0.3, -0.25) is 9.79 Å². The van der Waals surface area contributed by atoms with Crippen molar-refractivity contribution in [2.45, 2.75) is 25.5 Å². The van der Waals surface area contributed by atoms with Crippen LogP contribution in [-0.2, 0) is 10.3 Å². The van der Waals surface area contributed by atoms with Crippen LogP contribution in [0.4, 0.5) is 14.6 Å². The summed E-state index contributed by atoms with van der Waals surface area (Å²) in [6.45, 7) is 2.40. The summed E-state index contributed by atoms with van der Waals surface area (Å²) in [7, 11) is 0. The maximum absolute atomic E-state index is 14.4. The van der Waals surface area contributed by atoms with Crippen LogP contribution in [0.25, 0.3) is 0 Å². The fraction of sp³-hybridized carbons (Fsp3) is 0.333. The van der Waals surface area contributed by atoms with E-state index >= 15 is 0 Å². The van der Waals surface area contributed by atoms with Crippen LogP contribution < -0.4 is 11.1 Å². The van der Waals surface area contributed by atoms with Crippen molar-refractivity contribution in [3.8, 4) is 0 Å². The first kappa shape index (κ1) is 20.1. The molecular formula is C18H18ClF2N5O2. The summed E-state index contributed by atoms with van der Waals surface area (Å²) < 4.78 is 32.6. The number of aromatic nitrogens is 2. The topological polar surface area (TPSA) is 102 Å². The number of carbonyl (C=O) groups is 1. The number of nitrogens with zero attached hydrogens (tertiary/aromatic N) is 3. The van der Waals surface area contributed by atoms with Crippen LogP contribution >= 0.6 is 11.6 Å². The van der Waals surface area contributed by atoms with E-state index in [0.717, 1.165) is 11.6 Å². The molecule has 0 spiro atoms. The number of aryl methyl sites for hydroxylation is 1. The number of alkyl halides is 1. The molecule has 10 heteroatoms. The number of halogens is 3. The van der Waals surface area contributed by atoms with Gasteiger partial charge in [0.1, 0.15) is 47.2 Å². The van der Waals surface area contributed by atoms with E-state index in [1.807, 2.05) is 0 Å². The summed E-state index contributed by atoms with van der Waals surface area (Å²) in [4.78, 5) is 24.8. The number of pyridine rings is 2. The smallest absolute Gasteiger partial charge is 0.276 e. The number of carbonyl (C=O) groups excluding carboxylic acids is 1. The van der Waals surface area contributed by atoms with Crippen molar-refractivity contribution in [3.05, 3.63) is 52.2 Å². The van der Waals surface area contributed by atoms with Crippen molar-refractivity contribution in [3.63, 3.8) is 0 Å². The molecule has 1 unspecified atom stereocenters. The first-order valence-electron chi connectivity index (χ1n) is 8.37. The Morgan fingerprint density at radius 3 is 2.89 bits per heavy atom. The molecule has 2 aromatic heterocycles.